The van der Waals surface area contributed by atoms with Gasteiger partial charge < -0.3 is 10.1 Å². The molecule has 186 valence electrons. The van der Waals surface area contributed by atoms with E-state index in [4.69, 9.17) is 4.74 Å². The van der Waals surface area contributed by atoms with Crippen LogP contribution in [0.5, 0.6) is 0 Å². The van der Waals surface area contributed by atoms with Crippen LogP contribution in [0.15, 0.2) is 55.1 Å². The van der Waals surface area contributed by atoms with Crippen LogP contribution in [0.4, 0.5) is 8.78 Å². The molecule has 0 heterocycles. The summed E-state index contributed by atoms with van der Waals surface area (Å²) in [6.45, 7) is 5.43. The molecule has 0 radical (unpaired) electrons. The lowest BCUT2D eigenvalue weighted by atomic mass is 9.43. The van der Waals surface area contributed by atoms with E-state index >= 15 is 0 Å². The zero-order valence-electron chi connectivity index (χ0n) is 20.5. The molecule has 2 atom stereocenters. The van der Waals surface area contributed by atoms with E-state index in [2.05, 4.69) is 43.1 Å². The highest BCUT2D eigenvalue weighted by Gasteiger charge is 2.58. The molecule has 0 spiro atoms. The summed E-state index contributed by atoms with van der Waals surface area (Å²) in [5, 5.41) is 2.71. The number of hydrogen-bond acceptors (Lipinski definition) is 3. The van der Waals surface area contributed by atoms with Crippen LogP contribution in [0, 0.1) is 24.2 Å². The van der Waals surface area contributed by atoms with Gasteiger partial charge in [-0.05, 0) is 79.4 Å². The number of rotatable bonds is 9. The Morgan fingerprint density at radius 2 is 1.74 bits per heavy atom. The van der Waals surface area contributed by atoms with Gasteiger partial charge in [-0.15, -0.1) is 0 Å². The number of carbonyl (C=O) groups excluding carboxylic acids is 1. The molecule has 4 saturated carbocycles. The molecule has 1 N–H and O–H groups in total. The molecule has 0 saturated heterocycles. The van der Waals surface area contributed by atoms with Crippen LogP contribution in [0.2, 0.25) is 0 Å². The molecule has 0 aliphatic heterocycles. The lowest BCUT2D eigenvalue weighted by molar-refractivity contribution is -0.182. The molecule has 4 aliphatic rings. The summed E-state index contributed by atoms with van der Waals surface area (Å²) in [7, 11) is 0. The molecular formula is C30H35F2NO2. The quantitative estimate of drug-likeness (QED) is 0.421. The van der Waals surface area contributed by atoms with Gasteiger partial charge in [-0.25, -0.2) is 4.79 Å². The Morgan fingerprint density at radius 1 is 1.09 bits per heavy atom. The van der Waals surface area contributed by atoms with Crippen molar-refractivity contribution in [1.29, 1.82) is 0 Å². The monoisotopic (exact) mass is 479 g/mol. The SMILES string of the molecule is C=Cc1ccc(CNCC(F)(F)C(=O)OCC23CC4CC(C2)CC(c2ccc(C)cc2)(C4)C3)cc1. The summed E-state index contributed by atoms with van der Waals surface area (Å²) in [6.07, 6.45) is 8.16. The van der Waals surface area contributed by atoms with Gasteiger partial charge in [0.05, 0.1) is 13.2 Å². The van der Waals surface area contributed by atoms with Gasteiger partial charge in [-0.1, -0.05) is 66.7 Å². The van der Waals surface area contributed by atoms with Crippen molar-refractivity contribution in [2.24, 2.45) is 17.3 Å². The van der Waals surface area contributed by atoms with E-state index in [1.165, 1.54) is 17.5 Å². The Kier molecular flexibility index (Phi) is 6.33. The normalized spacial score (nSPS) is 29.2. The van der Waals surface area contributed by atoms with Crippen molar-refractivity contribution in [3.05, 3.63) is 77.4 Å². The average molecular weight is 480 g/mol. The van der Waals surface area contributed by atoms with Crippen molar-refractivity contribution in [2.75, 3.05) is 13.2 Å². The van der Waals surface area contributed by atoms with Gasteiger partial charge in [-0.2, -0.15) is 8.78 Å². The molecule has 6 rings (SSSR count). The van der Waals surface area contributed by atoms with Crippen molar-refractivity contribution in [3.8, 4) is 0 Å². The number of carbonyl (C=O) groups is 1. The highest BCUT2D eigenvalue weighted by Crippen LogP contribution is 2.65. The highest BCUT2D eigenvalue weighted by atomic mass is 19.3. The first-order valence-electron chi connectivity index (χ1n) is 12.8. The molecular weight excluding hydrogens is 444 g/mol. The summed E-state index contributed by atoms with van der Waals surface area (Å²) in [5.74, 6) is -3.79. The van der Waals surface area contributed by atoms with Gasteiger partial charge in [-0.3, -0.25) is 0 Å². The maximum atomic E-state index is 14.6. The van der Waals surface area contributed by atoms with E-state index in [0.29, 0.717) is 11.8 Å². The van der Waals surface area contributed by atoms with Gasteiger partial charge >= 0.3 is 11.9 Å². The Morgan fingerprint density at radius 3 is 2.37 bits per heavy atom. The maximum Gasteiger partial charge on any atom is 0.378 e. The van der Waals surface area contributed by atoms with E-state index in [-0.39, 0.29) is 24.0 Å². The smallest absolute Gasteiger partial charge is 0.378 e. The fraction of sp³-hybridized carbons (Fsp3) is 0.500. The number of alkyl halides is 2. The van der Waals surface area contributed by atoms with Crippen molar-refractivity contribution >= 4 is 12.0 Å². The second-order valence-electron chi connectivity index (χ2n) is 11.4. The van der Waals surface area contributed by atoms with Gasteiger partial charge in [0.15, 0.2) is 0 Å². The second kappa shape index (κ2) is 9.16. The summed E-state index contributed by atoms with van der Waals surface area (Å²) in [5.41, 5.74) is 4.36. The van der Waals surface area contributed by atoms with Gasteiger partial charge in [0.2, 0.25) is 0 Å². The fourth-order valence-electron chi connectivity index (χ4n) is 7.40. The zero-order valence-corrected chi connectivity index (χ0v) is 20.5. The van der Waals surface area contributed by atoms with Crippen LogP contribution >= 0.6 is 0 Å². The standard InChI is InChI=1S/C30H35F2NO2/c1-3-22-6-8-23(9-7-22)17-33-19-30(31,32)27(34)35-20-28-13-24-12-25(14-28)16-29(15-24,18-28)26-10-4-21(2)5-11-26/h3-11,24-25,33H,1,12-20H2,2H3. The predicted octanol–water partition coefficient (Wildman–Crippen LogP) is 6.44. The third-order valence-electron chi connectivity index (χ3n) is 8.55. The van der Waals surface area contributed by atoms with E-state index in [0.717, 1.165) is 43.2 Å². The Balaban J connectivity index is 1.20. The fourth-order valence-corrected chi connectivity index (χ4v) is 7.40. The van der Waals surface area contributed by atoms with Crippen LogP contribution < -0.4 is 5.32 Å². The van der Waals surface area contributed by atoms with Gasteiger partial charge in [0, 0.05) is 12.0 Å². The van der Waals surface area contributed by atoms with Gasteiger partial charge in [0.25, 0.3) is 0 Å². The van der Waals surface area contributed by atoms with Gasteiger partial charge in [0.1, 0.15) is 0 Å². The Hall–Kier alpha value is -2.53. The third kappa shape index (κ3) is 4.93. The minimum absolute atomic E-state index is 0.0927. The van der Waals surface area contributed by atoms with Crippen LogP contribution in [-0.2, 0) is 21.5 Å². The highest BCUT2D eigenvalue weighted by molar-refractivity contribution is 5.77. The number of ether oxygens (including phenoxy) is 1. The van der Waals surface area contributed by atoms with Crippen molar-refractivity contribution in [3.63, 3.8) is 0 Å². The van der Waals surface area contributed by atoms with Crippen LogP contribution in [-0.4, -0.2) is 25.0 Å². The van der Waals surface area contributed by atoms with Crippen molar-refractivity contribution in [1.82, 2.24) is 5.32 Å². The molecule has 5 heteroatoms. The van der Waals surface area contributed by atoms with E-state index in [9.17, 15) is 13.6 Å². The second-order valence-corrected chi connectivity index (χ2v) is 11.4. The molecule has 35 heavy (non-hydrogen) atoms. The summed E-state index contributed by atoms with van der Waals surface area (Å²) in [4.78, 5) is 12.4. The summed E-state index contributed by atoms with van der Waals surface area (Å²) in [6, 6.07) is 16.3. The molecule has 0 aromatic heterocycles. The molecule has 0 amide bonds. The number of halogens is 2. The minimum atomic E-state index is -3.56. The molecule has 2 unspecified atom stereocenters. The molecule has 4 aliphatic carbocycles. The Bertz CT molecular complexity index is 1060. The molecule has 4 fully saturated rings. The zero-order chi connectivity index (χ0) is 24.7. The maximum absolute atomic E-state index is 14.6. The lowest BCUT2D eigenvalue weighted by Crippen LogP contribution is -2.56. The third-order valence-corrected chi connectivity index (χ3v) is 8.55. The number of nitrogens with one attached hydrogen (secondary N) is 1. The first-order valence-corrected chi connectivity index (χ1v) is 12.8. The van der Waals surface area contributed by atoms with Crippen LogP contribution in [0.1, 0.15) is 60.8 Å². The van der Waals surface area contributed by atoms with E-state index < -0.39 is 18.4 Å². The van der Waals surface area contributed by atoms with E-state index in [1.54, 1.807) is 6.08 Å². The molecule has 4 bridgehead atoms. The summed E-state index contributed by atoms with van der Waals surface area (Å²) >= 11 is 0. The molecule has 3 nitrogen and oxygen atoms in total. The largest absolute Gasteiger partial charge is 0.461 e. The Labute approximate surface area is 207 Å². The van der Waals surface area contributed by atoms with Crippen LogP contribution in [0.3, 0.4) is 0 Å². The van der Waals surface area contributed by atoms with Crippen molar-refractivity contribution < 1.29 is 18.3 Å². The minimum Gasteiger partial charge on any atom is -0.461 e. The molecule has 2 aromatic rings. The summed E-state index contributed by atoms with van der Waals surface area (Å²) < 4.78 is 34.6. The first-order chi connectivity index (χ1) is 16.7. The van der Waals surface area contributed by atoms with Crippen LogP contribution in [0.25, 0.3) is 6.08 Å². The topological polar surface area (TPSA) is 38.3 Å². The predicted molar refractivity (Wildman–Crippen MR) is 134 cm³/mol. The van der Waals surface area contributed by atoms with E-state index in [1.807, 2.05) is 24.3 Å². The number of hydrogen-bond donors (Lipinski definition) is 1. The van der Waals surface area contributed by atoms with Crippen molar-refractivity contribution in [2.45, 2.75) is 63.3 Å². The first kappa shape index (κ1) is 24.2. The number of esters is 1. The number of aryl methyl sites for hydroxylation is 1. The number of benzene rings is 2. The average Bonchev–Trinajstić information content (AvgIpc) is 2.82. The lowest BCUT2D eigenvalue weighted by Gasteiger charge is -2.62. The molecule has 2 aromatic carbocycles.